The zero-order valence-corrected chi connectivity index (χ0v) is 15.8. The number of nitrogens with zero attached hydrogens (tertiary/aromatic N) is 3. The van der Waals surface area contributed by atoms with Gasteiger partial charge in [0.25, 0.3) is 0 Å². The Bertz CT molecular complexity index is 354. The van der Waals surface area contributed by atoms with Crippen LogP contribution in [-0.2, 0) is 4.79 Å². The number of rotatable bonds is 6. The van der Waals surface area contributed by atoms with Crippen LogP contribution in [0.3, 0.4) is 0 Å². The van der Waals surface area contributed by atoms with Crippen LogP contribution in [0, 0.1) is 11.8 Å². The fraction of sp³-hybridized carbons (Fsp3) is 0.947. The van der Waals surface area contributed by atoms with Gasteiger partial charge in [-0.05, 0) is 58.0 Å². The Hall–Kier alpha value is -0.610. The van der Waals surface area contributed by atoms with Crippen molar-refractivity contribution in [3.8, 4) is 0 Å². The van der Waals surface area contributed by atoms with E-state index in [1.165, 1.54) is 32.4 Å². The van der Waals surface area contributed by atoms with Crippen molar-refractivity contribution in [2.75, 3.05) is 45.8 Å². The van der Waals surface area contributed by atoms with Gasteiger partial charge in [0.2, 0.25) is 5.91 Å². The Kier molecular flexibility index (Phi) is 7.35. The number of carbonyl (C=O) groups excluding carboxylic acids is 1. The van der Waals surface area contributed by atoms with E-state index in [4.69, 9.17) is 0 Å². The molecule has 0 aromatic rings. The van der Waals surface area contributed by atoms with Gasteiger partial charge >= 0.3 is 0 Å². The van der Waals surface area contributed by atoms with E-state index in [9.17, 15) is 4.79 Å². The highest BCUT2D eigenvalue weighted by atomic mass is 16.2. The maximum Gasteiger partial charge on any atom is 0.223 e. The fourth-order valence-corrected chi connectivity index (χ4v) is 4.01. The second-order valence-corrected chi connectivity index (χ2v) is 8.18. The molecule has 4 nitrogen and oxygen atoms in total. The standard InChI is InChI=1S/C19H37N3O/c1-16(2)15-18-5-8-20(9-6-18)10-7-19(23)22-13-11-21(12-14-22)17(3)4/h16-18H,5-15H2,1-4H3. The van der Waals surface area contributed by atoms with Crippen LogP contribution in [-0.4, -0.2) is 72.5 Å². The molecular weight excluding hydrogens is 286 g/mol. The molecular formula is C19H37N3O. The first-order chi connectivity index (χ1) is 11.0. The van der Waals surface area contributed by atoms with Crippen LogP contribution >= 0.6 is 0 Å². The molecule has 0 spiro atoms. The van der Waals surface area contributed by atoms with E-state index < -0.39 is 0 Å². The summed E-state index contributed by atoms with van der Waals surface area (Å²) in [7, 11) is 0. The lowest BCUT2D eigenvalue weighted by molar-refractivity contribution is -0.133. The molecule has 2 aliphatic heterocycles. The maximum absolute atomic E-state index is 12.4. The molecule has 2 rings (SSSR count). The van der Waals surface area contributed by atoms with Crippen LogP contribution < -0.4 is 0 Å². The van der Waals surface area contributed by atoms with Gasteiger partial charge in [-0.2, -0.15) is 0 Å². The van der Waals surface area contributed by atoms with E-state index in [0.717, 1.165) is 44.6 Å². The molecule has 2 heterocycles. The molecule has 2 aliphatic rings. The van der Waals surface area contributed by atoms with Gasteiger partial charge in [0.15, 0.2) is 0 Å². The Morgan fingerprint density at radius 1 is 0.957 bits per heavy atom. The van der Waals surface area contributed by atoms with E-state index in [2.05, 4.69) is 42.4 Å². The van der Waals surface area contributed by atoms with Crippen LogP contribution in [0.25, 0.3) is 0 Å². The molecule has 0 aliphatic carbocycles. The first kappa shape index (κ1) is 18.7. The molecule has 0 aromatic carbocycles. The van der Waals surface area contributed by atoms with Gasteiger partial charge in [-0.15, -0.1) is 0 Å². The highest BCUT2D eigenvalue weighted by Gasteiger charge is 2.24. The van der Waals surface area contributed by atoms with Crippen molar-refractivity contribution in [2.24, 2.45) is 11.8 Å². The van der Waals surface area contributed by atoms with Crippen LogP contribution in [0.1, 0.15) is 53.4 Å². The number of piperidine rings is 1. The van der Waals surface area contributed by atoms with Crippen molar-refractivity contribution >= 4 is 5.91 Å². The van der Waals surface area contributed by atoms with Crippen LogP contribution in [0.4, 0.5) is 0 Å². The van der Waals surface area contributed by atoms with Gasteiger partial charge in [0.1, 0.15) is 0 Å². The SMILES string of the molecule is CC(C)CC1CCN(CCC(=O)N2CCN(C(C)C)CC2)CC1. The van der Waals surface area contributed by atoms with E-state index in [-0.39, 0.29) is 0 Å². The minimum Gasteiger partial charge on any atom is -0.340 e. The average molecular weight is 324 g/mol. The third-order valence-corrected chi connectivity index (χ3v) is 5.55. The Labute approximate surface area is 143 Å². The van der Waals surface area contributed by atoms with Crippen LogP contribution in [0.15, 0.2) is 0 Å². The highest BCUT2D eigenvalue weighted by Crippen LogP contribution is 2.24. The fourth-order valence-electron chi connectivity index (χ4n) is 4.01. The third kappa shape index (κ3) is 6.07. The lowest BCUT2D eigenvalue weighted by atomic mass is 9.88. The molecule has 2 saturated heterocycles. The first-order valence-corrected chi connectivity index (χ1v) is 9.70. The third-order valence-electron chi connectivity index (χ3n) is 5.55. The Balaban J connectivity index is 1.62. The summed E-state index contributed by atoms with van der Waals surface area (Å²) in [5.74, 6) is 2.08. The van der Waals surface area contributed by atoms with E-state index in [1.54, 1.807) is 0 Å². The molecule has 0 unspecified atom stereocenters. The molecule has 0 bridgehead atoms. The number of amides is 1. The summed E-state index contributed by atoms with van der Waals surface area (Å²) in [6.45, 7) is 16.3. The summed E-state index contributed by atoms with van der Waals surface area (Å²) in [6.07, 6.45) is 4.71. The van der Waals surface area contributed by atoms with Crippen molar-refractivity contribution in [3.05, 3.63) is 0 Å². The number of hydrogen-bond acceptors (Lipinski definition) is 3. The van der Waals surface area contributed by atoms with Gasteiger partial charge in [0, 0.05) is 45.2 Å². The molecule has 134 valence electrons. The lowest BCUT2D eigenvalue weighted by Crippen LogP contribution is -2.51. The zero-order valence-electron chi connectivity index (χ0n) is 15.8. The van der Waals surface area contributed by atoms with Gasteiger partial charge < -0.3 is 9.80 Å². The first-order valence-electron chi connectivity index (χ1n) is 9.70. The van der Waals surface area contributed by atoms with Crippen molar-refractivity contribution in [2.45, 2.75) is 59.4 Å². The lowest BCUT2D eigenvalue weighted by Gasteiger charge is -2.37. The molecule has 4 heteroatoms. The molecule has 2 fully saturated rings. The summed E-state index contributed by atoms with van der Waals surface area (Å²) in [6, 6.07) is 0.597. The Morgan fingerprint density at radius 2 is 1.57 bits per heavy atom. The van der Waals surface area contributed by atoms with Gasteiger partial charge in [-0.3, -0.25) is 9.69 Å². The number of likely N-dealkylation sites (tertiary alicyclic amines) is 1. The quantitative estimate of drug-likeness (QED) is 0.752. The summed E-state index contributed by atoms with van der Waals surface area (Å²) < 4.78 is 0. The van der Waals surface area contributed by atoms with E-state index in [1.807, 2.05) is 0 Å². The minimum absolute atomic E-state index is 0.359. The monoisotopic (exact) mass is 323 g/mol. The normalized spacial score (nSPS) is 22.3. The van der Waals surface area contributed by atoms with Crippen LogP contribution in [0.2, 0.25) is 0 Å². The summed E-state index contributed by atoms with van der Waals surface area (Å²) in [5, 5.41) is 0. The second kappa shape index (κ2) is 9.03. The number of carbonyl (C=O) groups is 1. The summed E-state index contributed by atoms with van der Waals surface area (Å²) in [5.41, 5.74) is 0. The van der Waals surface area contributed by atoms with E-state index in [0.29, 0.717) is 18.4 Å². The smallest absolute Gasteiger partial charge is 0.223 e. The van der Waals surface area contributed by atoms with Crippen LogP contribution in [0.5, 0.6) is 0 Å². The summed E-state index contributed by atoms with van der Waals surface area (Å²) >= 11 is 0. The predicted octanol–water partition coefficient (Wildman–Crippen LogP) is 2.69. The molecule has 1 amide bonds. The molecule has 0 saturated carbocycles. The predicted molar refractivity (Wildman–Crippen MR) is 96.5 cm³/mol. The average Bonchev–Trinajstić information content (AvgIpc) is 2.53. The summed E-state index contributed by atoms with van der Waals surface area (Å²) in [4.78, 5) is 19.4. The topological polar surface area (TPSA) is 26.8 Å². The highest BCUT2D eigenvalue weighted by molar-refractivity contribution is 5.76. The van der Waals surface area contributed by atoms with Crippen molar-refractivity contribution in [1.29, 1.82) is 0 Å². The molecule has 0 aromatic heterocycles. The van der Waals surface area contributed by atoms with Gasteiger partial charge in [0.05, 0.1) is 0 Å². The van der Waals surface area contributed by atoms with Crippen molar-refractivity contribution < 1.29 is 4.79 Å². The van der Waals surface area contributed by atoms with Gasteiger partial charge in [-0.1, -0.05) is 13.8 Å². The maximum atomic E-state index is 12.4. The zero-order chi connectivity index (χ0) is 16.8. The molecule has 23 heavy (non-hydrogen) atoms. The molecule has 0 radical (unpaired) electrons. The molecule has 0 atom stereocenters. The van der Waals surface area contributed by atoms with E-state index >= 15 is 0 Å². The van der Waals surface area contributed by atoms with Crippen molar-refractivity contribution in [3.63, 3.8) is 0 Å². The number of hydrogen-bond donors (Lipinski definition) is 0. The second-order valence-electron chi connectivity index (χ2n) is 8.18. The largest absolute Gasteiger partial charge is 0.340 e. The Morgan fingerprint density at radius 3 is 2.09 bits per heavy atom. The van der Waals surface area contributed by atoms with Crippen molar-refractivity contribution in [1.82, 2.24) is 14.7 Å². The minimum atomic E-state index is 0.359. The van der Waals surface area contributed by atoms with Gasteiger partial charge in [-0.25, -0.2) is 0 Å². The number of piperazine rings is 1. The molecule has 0 N–H and O–H groups in total.